The van der Waals surface area contributed by atoms with E-state index in [-0.39, 0.29) is 5.16 Å². The molecule has 0 aliphatic rings. The Morgan fingerprint density at radius 2 is 2.07 bits per heavy atom. The van der Waals surface area contributed by atoms with Crippen molar-refractivity contribution in [2.45, 2.75) is 44.9 Å². The van der Waals surface area contributed by atoms with Crippen LogP contribution in [0, 0.1) is 0 Å². The van der Waals surface area contributed by atoms with E-state index in [0.717, 1.165) is 12.8 Å². The van der Waals surface area contributed by atoms with Gasteiger partial charge in [-0.05, 0) is 12.8 Å². The highest BCUT2D eigenvalue weighted by molar-refractivity contribution is 7.85. The van der Waals surface area contributed by atoms with E-state index >= 15 is 0 Å². The van der Waals surface area contributed by atoms with E-state index in [1.807, 2.05) is 13.8 Å². The van der Waals surface area contributed by atoms with Gasteiger partial charge in [-0.2, -0.15) is 8.42 Å². The number of nitrogens with zero attached hydrogens (tertiary/aromatic N) is 2. The lowest BCUT2D eigenvalue weighted by Crippen LogP contribution is -2.38. The average Bonchev–Trinajstić information content (AvgIpc) is 2.48. The zero-order valence-electron chi connectivity index (χ0n) is 9.05. The van der Waals surface area contributed by atoms with Gasteiger partial charge in [-0.25, -0.2) is 9.13 Å². The van der Waals surface area contributed by atoms with Gasteiger partial charge in [-0.3, -0.25) is 4.55 Å². The van der Waals surface area contributed by atoms with Gasteiger partial charge in [0.25, 0.3) is 0 Å². The molecule has 0 fully saturated rings. The summed E-state index contributed by atoms with van der Waals surface area (Å²) in [5, 5.41) is -0.0220. The second-order valence-electron chi connectivity index (χ2n) is 3.44. The molecule has 15 heavy (non-hydrogen) atoms. The normalized spacial score (nSPS) is 11.9. The van der Waals surface area contributed by atoms with E-state index < -0.39 is 10.1 Å². The van der Waals surface area contributed by atoms with Crippen molar-refractivity contribution >= 4 is 10.1 Å². The molecule has 0 amide bonds. The van der Waals surface area contributed by atoms with Gasteiger partial charge in [-0.1, -0.05) is 13.8 Å². The maximum absolute atomic E-state index is 11.2. The highest BCUT2D eigenvalue weighted by Gasteiger charge is 2.28. The van der Waals surface area contributed by atoms with Gasteiger partial charge in [0.2, 0.25) is 0 Å². The fourth-order valence-electron chi connectivity index (χ4n) is 1.57. The number of hydrogen-bond donors (Lipinski definition) is 1. The quantitative estimate of drug-likeness (QED) is 0.605. The fourth-order valence-corrected chi connectivity index (χ4v) is 2.47. The van der Waals surface area contributed by atoms with E-state index in [1.54, 1.807) is 21.5 Å². The third-order valence-corrected chi connectivity index (χ3v) is 3.01. The van der Waals surface area contributed by atoms with Crippen LogP contribution in [-0.2, 0) is 23.2 Å². The van der Waals surface area contributed by atoms with E-state index in [0.29, 0.717) is 13.1 Å². The first-order valence-corrected chi connectivity index (χ1v) is 6.50. The molecule has 0 aromatic carbocycles. The molecule has 0 atom stereocenters. The second-order valence-corrected chi connectivity index (χ2v) is 4.76. The van der Waals surface area contributed by atoms with Crippen molar-refractivity contribution in [2.24, 2.45) is 0 Å². The molecular weight excluding hydrogens is 216 g/mol. The van der Waals surface area contributed by atoms with Crippen molar-refractivity contribution in [1.82, 2.24) is 4.57 Å². The van der Waals surface area contributed by atoms with Crippen LogP contribution in [0.15, 0.2) is 17.6 Å². The monoisotopic (exact) mass is 233 g/mol. The number of imidazole rings is 1. The summed E-state index contributed by atoms with van der Waals surface area (Å²) >= 11 is 0. The van der Waals surface area contributed by atoms with Gasteiger partial charge in [-0.15, -0.1) is 0 Å². The molecule has 0 aliphatic heterocycles. The number of aryl methyl sites for hydroxylation is 2. The predicted octanol–water partition coefficient (Wildman–Crippen LogP) is 0.842. The Hall–Kier alpha value is -0.880. The molecule has 1 N–H and O–H groups in total. The van der Waals surface area contributed by atoms with E-state index in [2.05, 4.69) is 0 Å². The lowest BCUT2D eigenvalue weighted by Gasteiger charge is -2.00. The van der Waals surface area contributed by atoms with Crippen LogP contribution >= 0.6 is 0 Å². The Labute approximate surface area is 90.1 Å². The summed E-state index contributed by atoms with van der Waals surface area (Å²) < 4.78 is 34.6. The van der Waals surface area contributed by atoms with Gasteiger partial charge in [0.15, 0.2) is 0 Å². The summed E-state index contributed by atoms with van der Waals surface area (Å²) in [5.74, 6) is 0. The average molecular weight is 233 g/mol. The van der Waals surface area contributed by atoms with Crippen molar-refractivity contribution in [1.29, 1.82) is 0 Å². The molecular formula is C9H17N2O3S+. The largest absolute Gasteiger partial charge is 0.402 e. The van der Waals surface area contributed by atoms with Crippen molar-refractivity contribution in [3.63, 3.8) is 0 Å². The summed E-state index contributed by atoms with van der Waals surface area (Å²) in [7, 11) is -4.14. The minimum Gasteiger partial charge on any atom is -0.276 e. The van der Waals surface area contributed by atoms with Gasteiger partial charge < -0.3 is 0 Å². The smallest absolute Gasteiger partial charge is 0.276 e. The lowest BCUT2D eigenvalue weighted by molar-refractivity contribution is -0.734. The summed E-state index contributed by atoms with van der Waals surface area (Å²) in [6, 6.07) is 0. The molecule has 0 spiro atoms. The maximum Gasteiger partial charge on any atom is 0.402 e. The molecule has 1 heterocycles. The molecule has 86 valence electrons. The molecule has 0 saturated heterocycles. The van der Waals surface area contributed by atoms with Crippen LogP contribution in [0.5, 0.6) is 0 Å². The summed E-state index contributed by atoms with van der Waals surface area (Å²) in [4.78, 5) is 0. The zero-order chi connectivity index (χ0) is 11.5. The third-order valence-electron chi connectivity index (χ3n) is 2.08. The highest BCUT2D eigenvalue weighted by atomic mass is 32.2. The summed E-state index contributed by atoms with van der Waals surface area (Å²) in [5.41, 5.74) is 0. The van der Waals surface area contributed by atoms with E-state index in [4.69, 9.17) is 4.55 Å². The molecule has 0 bridgehead atoms. The number of rotatable bonds is 5. The summed E-state index contributed by atoms with van der Waals surface area (Å²) in [6.07, 6.45) is 5.01. The summed E-state index contributed by atoms with van der Waals surface area (Å²) in [6.45, 7) is 5.09. The van der Waals surface area contributed by atoms with Crippen LogP contribution in [0.1, 0.15) is 26.7 Å². The molecule has 5 nitrogen and oxygen atoms in total. The Kier molecular flexibility index (Phi) is 3.87. The molecule has 1 rings (SSSR count). The van der Waals surface area contributed by atoms with Gasteiger partial charge in [0.05, 0.1) is 13.1 Å². The molecule has 0 unspecified atom stereocenters. The van der Waals surface area contributed by atoms with Gasteiger partial charge in [0.1, 0.15) is 12.4 Å². The molecule has 1 aromatic heterocycles. The van der Waals surface area contributed by atoms with Crippen molar-refractivity contribution < 1.29 is 17.5 Å². The molecule has 0 saturated carbocycles. The van der Waals surface area contributed by atoms with Crippen LogP contribution in [0.2, 0.25) is 0 Å². The second kappa shape index (κ2) is 4.76. The first-order valence-electron chi connectivity index (χ1n) is 5.06. The minimum atomic E-state index is -4.14. The highest BCUT2D eigenvalue weighted by Crippen LogP contribution is 2.05. The molecule has 1 aromatic rings. The van der Waals surface area contributed by atoms with Crippen molar-refractivity contribution in [3.05, 3.63) is 12.4 Å². The molecule has 6 heteroatoms. The Morgan fingerprint density at radius 3 is 2.53 bits per heavy atom. The Balaban J connectivity index is 3.20. The van der Waals surface area contributed by atoms with Crippen LogP contribution < -0.4 is 4.57 Å². The fraction of sp³-hybridized carbons (Fsp3) is 0.667. The van der Waals surface area contributed by atoms with Crippen LogP contribution in [0.25, 0.3) is 0 Å². The zero-order valence-corrected chi connectivity index (χ0v) is 9.87. The first-order chi connectivity index (χ1) is 7.00. The standard InChI is InChI=1S/C9H16N2O3S/c1-3-5-10-7-8-11(6-4-2)9(10)15(12,13)14/h7-8H,3-6H2,1-2H3/p+1. The predicted molar refractivity (Wildman–Crippen MR) is 55.0 cm³/mol. The topological polar surface area (TPSA) is 63.2 Å². The first kappa shape index (κ1) is 12.2. The van der Waals surface area contributed by atoms with Crippen LogP contribution in [0.3, 0.4) is 0 Å². The Bertz CT molecular complexity index is 399. The number of aromatic nitrogens is 2. The van der Waals surface area contributed by atoms with Crippen LogP contribution in [-0.4, -0.2) is 17.5 Å². The van der Waals surface area contributed by atoms with Crippen LogP contribution in [0.4, 0.5) is 0 Å². The minimum absolute atomic E-state index is 0.0220. The number of hydrogen-bond acceptors (Lipinski definition) is 2. The Morgan fingerprint density at radius 1 is 1.40 bits per heavy atom. The van der Waals surface area contributed by atoms with E-state index in [1.165, 1.54) is 0 Å². The maximum atomic E-state index is 11.2. The van der Waals surface area contributed by atoms with Crippen molar-refractivity contribution in [2.75, 3.05) is 0 Å². The molecule has 0 aliphatic carbocycles. The van der Waals surface area contributed by atoms with E-state index in [9.17, 15) is 8.42 Å². The van der Waals surface area contributed by atoms with Crippen molar-refractivity contribution in [3.8, 4) is 0 Å². The lowest BCUT2D eigenvalue weighted by atomic mass is 10.5. The van der Waals surface area contributed by atoms with Gasteiger partial charge >= 0.3 is 15.3 Å². The molecule has 0 radical (unpaired) electrons. The van der Waals surface area contributed by atoms with Gasteiger partial charge in [0, 0.05) is 0 Å². The third kappa shape index (κ3) is 2.79. The SMILES string of the molecule is CCCn1cc[n+](CCC)c1S(=O)(=O)O.